The number of aryl methyl sites for hydroxylation is 1. The maximum Gasteiger partial charge on any atom is 0.275 e. The van der Waals surface area contributed by atoms with E-state index in [1.807, 2.05) is 13.0 Å². The van der Waals surface area contributed by atoms with Crippen LogP contribution in [0.4, 0.5) is 5.69 Å². The molecule has 3 N–H and O–H groups in total. The summed E-state index contributed by atoms with van der Waals surface area (Å²) in [6.45, 7) is 3.07. The van der Waals surface area contributed by atoms with E-state index in [1.54, 1.807) is 29.2 Å². The first-order chi connectivity index (χ1) is 9.10. The van der Waals surface area contributed by atoms with E-state index in [2.05, 4.69) is 10.3 Å². The van der Waals surface area contributed by atoms with Gasteiger partial charge >= 0.3 is 0 Å². The van der Waals surface area contributed by atoms with E-state index in [-0.39, 0.29) is 5.91 Å². The van der Waals surface area contributed by atoms with Crippen molar-refractivity contribution in [2.24, 2.45) is 5.73 Å². The van der Waals surface area contributed by atoms with Crippen LogP contribution in [0.15, 0.2) is 30.7 Å². The van der Waals surface area contributed by atoms with Gasteiger partial charge in [0.1, 0.15) is 5.69 Å². The summed E-state index contributed by atoms with van der Waals surface area (Å²) in [6.07, 6.45) is 3.24. The summed E-state index contributed by atoms with van der Waals surface area (Å²) in [4.78, 5) is 16.0. The van der Waals surface area contributed by atoms with Gasteiger partial charge in [0.15, 0.2) is 0 Å². The van der Waals surface area contributed by atoms with Gasteiger partial charge in [-0.15, -0.1) is 0 Å². The lowest BCUT2D eigenvalue weighted by Crippen LogP contribution is -2.13. The van der Waals surface area contributed by atoms with Crippen molar-refractivity contribution in [3.63, 3.8) is 0 Å². The van der Waals surface area contributed by atoms with Crippen molar-refractivity contribution in [3.8, 4) is 0 Å². The zero-order valence-electron chi connectivity index (χ0n) is 10.6. The van der Waals surface area contributed by atoms with Crippen molar-refractivity contribution in [2.75, 3.05) is 11.9 Å². The molecular formula is C13H15ClN4O. The van der Waals surface area contributed by atoms with Crippen LogP contribution in [0.3, 0.4) is 0 Å². The number of benzene rings is 1. The zero-order valence-corrected chi connectivity index (χ0v) is 11.3. The first-order valence-electron chi connectivity index (χ1n) is 5.89. The number of rotatable bonds is 4. The Morgan fingerprint density at radius 2 is 2.32 bits per heavy atom. The van der Waals surface area contributed by atoms with Crippen LogP contribution < -0.4 is 11.1 Å². The molecule has 0 aliphatic carbocycles. The number of carbonyl (C=O) groups excluding carboxylic acids is 1. The smallest absolute Gasteiger partial charge is 0.275 e. The number of nitrogens with one attached hydrogen (secondary N) is 1. The van der Waals surface area contributed by atoms with Crippen LogP contribution in [0.5, 0.6) is 0 Å². The molecule has 1 amide bonds. The molecule has 0 radical (unpaired) electrons. The van der Waals surface area contributed by atoms with Crippen molar-refractivity contribution in [1.29, 1.82) is 0 Å². The minimum atomic E-state index is -0.290. The van der Waals surface area contributed by atoms with Gasteiger partial charge in [-0.05, 0) is 24.6 Å². The van der Waals surface area contributed by atoms with Gasteiger partial charge in [0.05, 0.1) is 17.0 Å². The Kier molecular flexibility index (Phi) is 4.19. The van der Waals surface area contributed by atoms with Crippen molar-refractivity contribution < 1.29 is 4.79 Å². The summed E-state index contributed by atoms with van der Waals surface area (Å²) in [7, 11) is 0. The molecule has 0 saturated carbocycles. The second-order valence-corrected chi connectivity index (χ2v) is 4.63. The highest BCUT2D eigenvalue weighted by Crippen LogP contribution is 2.23. The Bertz CT molecular complexity index is 594. The molecule has 5 nitrogen and oxygen atoms in total. The molecular weight excluding hydrogens is 264 g/mol. The van der Waals surface area contributed by atoms with E-state index < -0.39 is 0 Å². The standard InChI is InChI=1S/C13H15ClN4O/c1-9-2-3-11(10(14)6-9)17-13(19)12-7-18(5-4-15)8-16-12/h2-3,6-8H,4-5,15H2,1H3,(H,17,19). The molecule has 2 rings (SSSR count). The van der Waals surface area contributed by atoms with Crippen molar-refractivity contribution in [3.05, 3.63) is 47.0 Å². The normalized spacial score (nSPS) is 10.5. The average molecular weight is 279 g/mol. The van der Waals surface area contributed by atoms with E-state index in [0.717, 1.165) is 5.56 Å². The molecule has 0 aliphatic heterocycles. The predicted octanol–water partition coefficient (Wildman–Crippen LogP) is 2.06. The number of halogens is 1. The number of aromatic nitrogens is 2. The molecule has 0 fully saturated rings. The van der Waals surface area contributed by atoms with Crippen LogP contribution in [0, 0.1) is 6.92 Å². The molecule has 0 saturated heterocycles. The van der Waals surface area contributed by atoms with Crippen LogP contribution in [0.1, 0.15) is 16.1 Å². The third-order valence-electron chi connectivity index (χ3n) is 2.63. The fourth-order valence-corrected chi connectivity index (χ4v) is 1.94. The first kappa shape index (κ1) is 13.6. The second kappa shape index (κ2) is 5.86. The van der Waals surface area contributed by atoms with Crippen LogP contribution in [-0.4, -0.2) is 22.0 Å². The molecule has 0 bridgehead atoms. The summed E-state index contributed by atoms with van der Waals surface area (Å²) in [6, 6.07) is 5.45. The van der Waals surface area contributed by atoms with Gasteiger partial charge in [0.2, 0.25) is 0 Å². The van der Waals surface area contributed by atoms with E-state index >= 15 is 0 Å². The first-order valence-corrected chi connectivity index (χ1v) is 6.27. The monoisotopic (exact) mass is 278 g/mol. The fourth-order valence-electron chi connectivity index (χ4n) is 1.66. The van der Waals surface area contributed by atoms with Crippen molar-refractivity contribution >= 4 is 23.2 Å². The topological polar surface area (TPSA) is 72.9 Å². The van der Waals surface area contributed by atoms with E-state index in [1.165, 1.54) is 0 Å². The molecule has 0 spiro atoms. The highest BCUT2D eigenvalue weighted by atomic mass is 35.5. The molecule has 1 heterocycles. The van der Waals surface area contributed by atoms with E-state index in [0.29, 0.717) is 29.5 Å². The van der Waals surface area contributed by atoms with Crippen LogP contribution in [0.2, 0.25) is 5.02 Å². The summed E-state index contributed by atoms with van der Waals surface area (Å²) >= 11 is 6.06. The van der Waals surface area contributed by atoms with Gasteiger partial charge < -0.3 is 15.6 Å². The zero-order chi connectivity index (χ0) is 13.8. The lowest BCUT2D eigenvalue weighted by Gasteiger charge is -2.06. The Balaban J connectivity index is 2.11. The molecule has 1 aromatic carbocycles. The lowest BCUT2D eigenvalue weighted by molar-refractivity contribution is 0.102. The Morgan fingerprint density at radius 1 is 1.53 bits per heavy atom. The maximum absolute atomic E-state index is 12.0. The third-order valence-corrected chi connectivity index (χ3v) is 2.94. The Labute approximate surface area is 116 Å². The predicted molar refractivity (Wildman–Crippen MR) is 75.4 cm³/mol. The van der Waals surface area contributed by atoms with Crippen LogP contribution in [0.25, 0.3) is 0 Å². The summed E-state index contributed by atoms with van der Waals surface area (Å²) in [5.41, 5.74) is 7.39. The van der Waals surface area contributed by atoms with Crippen LogP contribution >= 0.6 is 11.6 Å². The maximum atomic E-state index is 12.0. The minimum Gasteiger partial charge on any atom is -0.335 e. The largest absolute Gasteiger partial charge is 0.335 e. The number of hydrogen-bond acceptors (Lipinski definition) is 3. The van der Waals surface area contributed by atoms with Crippen molar-refractivity contribution in [1.82, 2.24) is 9.55 Å². The summed E-state index contributed by atoms with van der Waals surface area (Å²) in [5.74, 6) is -0.290. The van der Waals surface area contributed by atoms with Crippen molar-refractivity contribution in [2.45, 2.75) is 13.5 Å². The number of amides is 1. The van der Waals surface area contributed by atoms with Gasteiger partial charge in [0, 0.05) is 19.3 Å². The van der Waals surface area contributed by atoms with Gasteiger partial charge in [-0.3, -0.25) is 4.79 Å². The second-order valence-electron chi connectivity index (χ2n) is 4.22. The number of hydrogen-bond donors (Lipinski definition) is 2. The lowest BCUT2D eigenvalue weighted by atomic mass is 10.2. The highest BCUT2D eigenvalue weighted by Gasteiger charge is 2.11. The van der Waals surface area contributed by atoms with E-state index in [4.69, 9.17) is 17.3 Å². The fraction of sp³-hybridized carbons (Fsp3) is 0.231. The number of anilines is 1. The molecule has 2 aromatic rings. The number of nitrogens with two attached hydrogens (primary N) is 1. The molecule has 19 heavy (non-hydrogen) atoms. The van der Waals surface area contributed by atoms with Gasteiger partial charge in [-0.2, -0.15) is 0 Å². The Morgan fingerprint density at radius 3 is 3.00 bits per heavy atom. The van der Waals surface area contributed by atoms with Gasteiger partial charge in [0.25, 0.3) is 5.91 Å². The minimum absolute atomic E-state index is 0.290. The SMILES string of the molecule is Cc1ccc(NC(=O)c2cn(CCN)cn2)c(Cl)c1. The van der Waals surface area contributed by atoms with E-state index in [9.17, 15) is 4.79 Å². The highest BCUT2D eigenvalue weighted by molar-refractivity contribution is 6.34. The quantitative estimate of drug-likeness (QED) is 0.899. The Hall–Kier alpha value is -1.85. The van der Waals surface area contributed by atoms with Crippen LogP contribution in [-0.2, 0) is 6.54 Å². The number of nitrogens with zero attached hydrogens (tertiary/aromatic N) is 2. The summed E-state index contributed by atoms with van der Waals surface area (Å²) < 4.78 is 1.77. The molecule has 0 aliphatic rings. The molecule has 0 unspecified atom stereocenters. The van der Waals surface area contributed by atoms with Gasteiger partial charge in [-0.1, -0.05) is 17.7 Å². The molecule has 6 heteroatoms. The molecule has 100 valence electrons. The van der Waals surface area contributed by atoms with Gasteiger partial charge in [-0.25, -0.2) is 4.98 Å². The molecule has 0 atom stereocenters. The third kappa shape index (κ3) is 3.33. The summed E-state index contributed by atoms with van der Waals surface area (Å²) in [5, 5.41) is 3.24. The molecule has 1 aromatic heterocycles. The average Bonchev–Trinajstić information content (AvgIpc) is 2.82. The number of carbonyl (C=O) groups is 1. The number of imidazole rings is 1.